The molecule has 0 spiro atoms. The number of methoxy groups -OCH3 is 1. The molecule has 0 aliphatic rings. The van der Waals surface area contributed by atoms with Gasteiger partial charge in [0.2, 0.25) is 0 Å². The van der Waals surface area contributed by atoms with Crippen molar-refractivity contribution in [2.45, 2.75) is 6.54 Å². The van der Waals surface area contributed by atoms with E-state index in [9.17, 15) is 14.4 Å². The Kier molecular flexibility index (Phi) is 7.42. The topological polar surface area (TPSA) is 84.9 Å². The fourth-order valence-corrected chi connectivity index (χ4v) is 4.09. The Morgan fingerprint density at radius 1 is 0.943 bits per heavy atom. The largest absolute Gasteiger partial charge is 0.497 e. The fourth-order valence-electron chi connectivity index (χ4n) is 3.47. The third kappa shape index (κ3) is 6.04. The van der Waals surface area contributed by atoms with Crippen molar-refractivity contribution < 1.29 is 23.9 Å². The maximum atomic E-state index is 12.5. The Bertz CT molecular complexity index is 1350. The van der Waals surface area contributed by atoms with Crippen LogP contribution in [0.5, 0.6) is 5.75 Å². The van der Waals surface area contributed by atoms with Crippen LogP contribution >= 0.6 is 11.3 Å². The molecule has 1 N–H and O–H groups in total. The SMILES string of the molecule is COc1ccc2cc(CN(C)C(=O)COC(=O)c3ccc(NC(=O)c4cccs4)cc3)ccc2c1. The lowest BCUT2D eigenvalue weighted by Gasteiger charge is -2.17. The molecular weight excluding hydrogens is 464 g/mol. The van der Waals surface area contributed by atoms with Gasteiger partial charge in [0.1, 0.15) is 5.75 Å². The molecule has 4 aromatic rings. The first-order chi connectivity index (χ1) is 16.9. The number of likely N-dealkylation sites (N-methyl/N-ethyl adjacent to an activating group) is 1. The van der Waals surface area contributed by atoms with Crippen LogP contribution in [-0.2, 0) is 16.1 Å². The number of fused-ring (bicyclic) bond motifs is 1. The highest BCUT2D eigenvalue weighted by atomic mass is 32.1. The number of nitrogens with zero attached hydrogens (tertiary/aromatic N) is 1. The molecule has 178 valence electrons. The van der Waals surface area contributed by atoms with Gasteiger partial charge in [-0.1, -0.05) is 24.3 Å². The van der Waals surface area contributed by atoms with Crippen LogP contribution in [0.1, 0.15) is 25.6 Å². The van der Waals surface area contributed by atoms with E-state index in [-0.39, 0.29) is 18.4 Å². The van der Waals surface area contributed by atoms with Crippen LogP contribution in [0.25, 0.3) is 10.8 Å². The van der Waals surface area contributed by atoms with Crippen molar-refractivity contribution in [3.05, 3.63) is 94.2 Å². The second kappa shape index (κ2) is 10.8. The molecule has 0 aliphatic carbocycles. The molecule has 35 heavy (non-hydrogen) atoms. The summed E-state index contributed by atoms with van der Waals surface area (Å²) in [5.74, 6) is -0.345. The average Bonchev–Trinajstić information content (AvgIpc) is 3.42. The number of hydrogen-bond acceptors (Lipinski definition) is 6. The molecule has 2 amide bonds. The highest BCUT2D eigenvalue weighted by Gasteiger charge is 2.15. The molecule has 3 aromatic carbocycles. The zero-order valence-corrected chi connectivity index (χ0v) is 20.1. The quantitative estimate of drug-likeness (QED) is 0.354. The van der Waals surface area contributed by atoms with Crippen molar-refractivity contribution in [1.82, 2.24) is 4.90 Å². The Hall–Kier alpha value is -4.17. The summed E-state index contributed by atoms with van der Waals surface area (Å²) in [5, 5.41) is 6.69. The van der Waals surface area contributed by atoms with E-state index >= 15 is 0 Å². The standard InChI is InChI=1S/C27H24N2O5S/c1-29(16-18-5-6-21-15-23(33-2)12-9-20(21)14-18)25(30)17-34-27(32)19-7-10-22(11-8-19)28-26(31)24-4-3-13-35-24/h3-15H,16-17H2,1-2H3,(H,28,31). The summed E-state index contributed by atoms with van der Waals surface area (Å²) in [4.78, 5) is 39.1. The van der Waals surface area contributed by atoms with Crippen LogP contribution in [0, 0.1) is 0 Å². The number of benzene rings is 3. The number of esters is 1. The molecule has 0 aliphatic heterocycles. The average molecular weight is 489 g/mol. The molecule has 0 fully saturated rings. The molecule has 0 saturated heterocycles. The predicted octanol–water partition coefficient (Wildman–Crippen LogP) is 4.98. The zero-order valence-electron chi connectivity index (χ0n) is 19.3. The molecule has 0 radical (unpaired) electrons. The molecule has 0 atom stereocenters. The van der Waals surface area contributed by atoms with Crippen LogP contribution in [0.2, 0.25) is 0 Å². The lowest BCUT2D eigenvalue weighted by Crippen LogP contribution is -2.30. The Morgan fingerprint density at radius 3 is 2.40 bits per heavy atom. The number of hydrogen-bond donors (Lipinski definition) is 1. The normalized spacial score (nSPS) is 10.6. The van der Waals surface area contributed by atoms with Gasteiger partial charge in [0, 0.05) is 19.3 Å². The van der Waals surface area contributed by atoms with Crippen molar-refractivity contribution in [2.24, 2.45) is 0 Å². The Labute approximate surface area is 206 Å². The highest BCUT2D eigenvalue weighted by molar-refractivity contribution is 7.12. The van der Waals surface area contributed by atoms with Crippen LogP contribution in [0.15, 0.2) is 78.2 Å². The van der Waals surface area contributed by atoms with Crippen molar-refractivity contribution >= 4 is 45.6 Å². The summed E-state index contributed by atoms with van der Waals surface area (Å²) in [5.41, 5.74) is 1.81. The van der Waals surface area contributed by atoms with Crippen LogP contribution < -0.4 is 10.1 Å². The predicted molar refractivity (Wildman–Crippen MR) is 136 cm³/mol. The molecule has 4 rings (SSSR count). The van der Waals surface area contributed by atoms with Crippen molar-refractivity contribution in [3.8, 4) is 5.75 Å². The number of rotatable bonds is 8. The van der Waals surface area contributed by atoms with Gasteiger partial charge < -0.3 is 19.7 Å². The van der Waals surface area contributed by atoms with Crippen molar-refractivity contribution in [2.75, 3.05) is 26.1 Å². The number of carbonyl (C=O) groups is 3. The number of thiophene rings is 1. The molecular formula is C27H24N2O5S. The third-order valence-corrected chi connectivity index (χ3v) is 6.28. The number of nitrogens with one attached hydrogen (secondary N) is 1. The van der Waals surface area contributed by atoms with E-state index in [1.54, 1.807) is 50.6 Å². The van der Waals surface area contributed by atoms with E-state index in [0.29, 0.717) is 22.7 Å². The van der Waals surface area contributed by atoms with Gasteiger partial charge >= 0.3 is 5.97 Å². The van der Waals surface area contributed by atoms with Gasteiger partial charge in [-0.25, -0.2) is 4.79 Å². The smallest absolute Gasteiger partial charge is 0.338 e. The van der Waals surface area contributed by atoms with E-state index in [2.05, 4.69) is 5.32 Å². The van der Waals surface area contributed by atoms with Crippen LogP contribution in [0.3, 0.4) is 0 Å². The van der Waals surface area contributed by atoms with Crippen molar-refractivity contribution in [3.63, 3.8) is 0 Å². The Balaban J connectivity index is 1.28. The first-order valence-electron chi connectivity index (χ1n) is 10.9. The second-order valence-corrected chi connectivity index (χ2v) is 8.83. The fraction of sp³-hybridized carbons (Fsp3) is 0.148. The number of carbonyl (C=O) groups excluding carboxylic acids is 3. The van der Waals surface area contributed by atoms with E-state index < -0.39 is 5.97 Å². The maximum Gasteiger partial charge on any atom is 0.338 e. The molecule has 0 bridgehead atoms. The minimum atomic E-state index is -0.609. The minimum absolute atomic E-state index is 0.213. The second-order valence-electron chi connectivity index (χ2n) is 7.88. The lowest BCUT2D eigenvalue weighted by atomic mass is 10.1. The maximum absolute atomic E-state index is 12.5. The molecule has 1 aromatic heterocycles. The monoisotopic (exact) mass is 488 g/mol. The summed E-state index contributed by atoms with van der Waals surface area (Å²) in [7, 11) is 3.30. The Morgan fingerprint density at radius 2 is 1.69 bits per heavy atom. The van der Waals surface area contributed by atoms with Gasteiger partial charge in [-0.2, -0.15) is 0 Å². The van der Waals surface area contributed by atoms with Gasteiger partial charge in [0.25, 0.3) is 11.8 Å². The minimum Gasteiger partial charge on any atom is -0.497 e. The molecule has 0 unspecified atom stereocenters. The summed E-state index contributed by atoms with van der Waals surface area (Å²) < 4.78 is 10.4. The third-order valence-electron chi connectivity index (χ3n) is 5.41. The van der Waals surface area contributed by atoms with E-state index in [4.69, 9.17) is 9.47 Å². The number of amides is 2. The first kappa shape index (κ1) is 24.0. The van der Waals surface area contributed by atoms with Crippen molar-refractivity contribution in [1.29, 1.82) is 0 Å². The van der Waals surface area contributed by atoms with Crippen LogP contribution in [0.4, 0.5) is 5.69 Å². The molecule has 1 heterocycles. The molecule has 7 nitrogen and oxygen atoms in total. The van der Waals surface area contributed by atoms with Gasteiger partial charge in [-0.15, -0.1) is 11.3 Å². The summed E-state index contributed by atoms with van der Waals surface area (Å²) in [6.07, 6.45) is 0. The molecule has 8 heteroatoms. The number of ether oxygens (including phenoxy) is 2. The van der Waals surface area contributed by atoms with E-state index in [1.807, 2.05) is 41.8 Å². The molecule has 0 saturated carbocycles. The van der Waals surface area contributed by atoms with Gasteiger partial charge in [-0.05, 0) is 70.2 Å². The zero-order chi connectivity index (χ0) is 24.8. The van der Waals surface area contributed by atoms with Gasteiger partial charge in [0.05, 0.1) is 17.6 Å². The first-order valence-corrected chi connectivity index (χ1v) is 11.7. The van der Waals surface area contributed by atoms with E-state index in [0.717, 1.165) is 22.1 Å². The highest BCUT2D eigenvalue weighted by Crippen LogP contribution is 2.22. The lowest BCUT2D eigenvalue weighted by molar-refractivity contribution is -0.133. The van der Waals surface area contributed by atoms with Crippen LogP contribution in [-0.4, -0.2) is 43.4 Å². The number of anilines is 1. The van der Waals surface area contributed by atoms with Gasteiger partial charge in [0.15, 0.2) is 6.61 Å². The van der Waals surface area contributed by atoms with E-state index in [1.165, 1.54) is 16.2 Å². The summed E-state index contributed by atoms with van der Waals surface area (Å²) in [6, 6.07) is 21.6. The summed E-state index contributed by atoms with van der Waals surface area (Å²) in [6.45, 7) is 0.0218. The van der Waals surface area contributed by atoms with Gasteiger partial charge in [-0.3, -0.25) is 9.59 Å². The summed E-state index contributed by atoms with van der Waals surface area (Å²) >= 11 is 1.35.